The summed E-state index contributed by atoms with van der Waals surface area (Å²) in [6.07, 6.45) is 48.1. The molecule has 0 aliphatic heterocycles. The quantitative estimate of drug-likeness (QED) is 0.0345. The lowest BCUT2D eigenvalue weighted by atomic mass is 10.0. The van der Waals surface area contributed by atoms with Crippen molar-refractivity contribution in [2.75, 3.05) is 13.2 Å². The van der Waals surface area contributed by atoms with E-state index in [0.717, 1.165) is 69.6 Å². The van der Waals surface area contributed by atoms with Gasteiger partial charge in [-0.2, -0.15) is 0 Å². The van der Waals surface area contributed by atoms with E-state index in [1.165, 1.54) is 186 Å². The number of rotatable bonds is 48. The molecule has 0 amide bonds. The Morgan fingerprint density at radius 1 is 0.317 bits per heavy atom. The summed E-state index contributed by atoms with van der Waals surface area (Å²) in [6, 6.07) is 0. The smallest absolute Gasteiger partial charge is 0.306 e. The van der Waals surface area contributed by atoms with Gasteiger partial charge in [-0.05, 0) is 31.1 Å². The lowest BCUT2D eigenvalue weighted by Crippen LogP contribution is -2.30. The van der Waals surface area contributed by atoms with E-state index in [-0.39, 0.29) is 31.1 Å². The average Bonchev–Trinajstić information content (AvgIpc) is 3.22. The molecule has 0 saturated carbocycles. The Morgan fingerprint density at radius 2 is 0.550 bits per heavy atom. The summed E-state index contributed by atoms with van der Waals surface area (Å²) in [5.74, 6) is 0.778. The zero-order valence-electron chi connectivity index (χ0n) is 41.1. The van der Waals surface area contributed by atoms with Gasteiger partial charge in [0.05, 0.1) is 0 Å². The molecule has 0 bridgehead atoms. The van der Waals surface area contributed by atoms with Crippen LogP contribution in [0.15, 0.2) is 0 Å². The van der Waals surface area contributed by atoms with E-state index in [1.54, 1.807) is 0 Å². The second-order valence-electron chi connectivity index (χ2n) is 19.5. The molecule has 6 heteroatoms. The molecule has 0 heterocycles. The maximum absolute atomic E-state index is 12.8. The maximum atomic E-state index is 12.8. The van der Waals surface area contributed by atoms with Crippen LogP contribution in [-0.4, -0.2) is 37.2 Å². The van der Waals surface area contributed by atoms with Crippen molar-refractivity contribution in [3.63, 3.8) is 0 Å². The van der Waals surface area contributed by atoms with Crippen molar-refractivity contribution in [1.82, 2.24) is 0 Å². The molecule has 0 aliphatic rings. The van der Waals surface area contributed by atoms with E-state index in [2.05, 4.69) is 34.6 Å². The third kappa shape index (κ3) is 47.5. The predicted molar refractivity (Wildman–Crippen MR) is 256 cm³/mol. The van der Waals surface area contributed by atoms with Crippen molar-refractivity contribution in [3.8, 4) is 0 Å². The van der Waals surface area contributed by atoms with Gasteiger partial charge in [0.15, 0.2) is 6.10 Å². The van der Waals surface area contributed by atoms with Crippen LogP contribution in [0.5, 0.6) is 0 Å². The Morgan fingerprint density at radius 3 is 0.817 bits per heavy atom. The Labute approximate surface area is 374 Å². The van der Waals surface area contributed by atoms with Crippen LogP contribution in [0.4, 0.5) is 0 Å². The monoisotopic (exact) mass is 849 g/mol. The van der Waals surface area contributed by atoms with Gasteiger partial charge in [-0.3, -0.25) is 14.4 Å². The summed E-state index contributed by atoms with van der Waals surface area (Å²) in [5.41, 5.74) is 0. The number of hydrogen-bond donors (Lipinski definition) is 0. The minimum atomic E-state index is -0.762. The topological polar surface area (TPSA) is 78.9 Å². The summed E-state index contributed by atoms with van der Waals surface area (Å²) < 4.78 is 16.8. The van der Waals surface area contributed by atoms with E-state index in [4.69, 9.17) is 14.2 Å². The second kappa shape index (κ2) is 46.9. The number of unbranched alkanes of at least 4 members (excludes halogenated alkanes) is 33. The first-order valence-corrected chi connectivity index (χ1v) is 26.7. The molecule has 0 saturated heterocycles. The highest BCUT2D eigenvalue weighted by atomic mass is 16.6. The molecule has 0 aromatic heterocycles. The van der Waals surface area contributed by atoms with Crippen LogP contribution in [0.3, 0.4) is 0 Å². The van der Waals surface area contributed by atoms with Gasteiger partial charge in [0.25, 0.3) is 0 Å². The summed E-state index contributed by atoms with van der Waals surface area (Å²) >= 11 is 0. The van der Waals surface area contributed by atoms with E-state index < -0.39 is 6.10 Å². The number of esters is 3. The molecule has 0 rings (SSSR count). The molecule has 356 valence electrons. The molecule has 6 nitrogen and oxygen atoms in total. The van der Waals surface area contributed by atoms with Gasteiger partial charge in [0.1, 0.15) is 13.2 Å². The van der Waals surface area contributed by atoms with Crippen LogP contribution in [0.25, 0.3) is 0 Å². The van der Waals surface area contributed by atoms with Gasteiger partial charge < -0.3 is 14.2 Å². The number of carbonyl (C=O) groups is 3. The van der Waals surface area contributed by atoms with Crippen LogP contribution in [-0.2, 0) is 28.6 Å². The van der Waals surface area contributed by atoms with Crippen molar-refractivity contribution in [1.29, 1.82) is 0 Å². The highest BCUT2D eigenvalue weighted by Crippen LogP contribution is 2.17. The van der Waals surface area contributed by atoms with Crippen molar-refractivity contribution >= 4 is 17.9 Å². The minimum Gasteiger partial charge on any atom is -0.462 e. The van der Waals surface area contributed by atoms with Crippen molar-refractivity contribution < 1.29 is 28.6 Å². The molecule has 0 fully saturated rings. The third-order valence-electron chi connectivity index (χ3n) is 12.2. The predicted octanol–water partition coefficient (Wildman–Crippen LogP) is 17.3. The van der Waals surface area contributed by atoms with E-state index in [9.17, 15) is 14.4 Å². The minimum absolute atomic E-state index is 0.0638. The van der Waals surface area contributed by atoms with Gasteiger partial charge in [0, 0.05) is 19.3 Å². The van der Waals surface area contributed by atoms with Gasteiger partial charge in [-0.15, -0.1) is 0 Å². The Balaban J connectivity index is 4.27. The first-order chi connectivity index (χ1) is 29.2. The van der Waals surface area contributed by atoms with Gasteiger partial charge in [-0.1, -0.05) is 259 Å². The van der Waals surface area contributed by atoms with Crippen LogP contribution in [0.2, 0.25) is 0 Å². The average molecular weight is 849 g/mol. The summed E-state index contributed by atoms with van der Waals surface area (Å²) in [5, 5.41) is 0. The lowest BCUT2D eigenvalue weighted by molar-refractivity contribution is -0.167. The zero-order chi connectivity index (χ0) is 44.0. The first-order valence-electron chi connectivity index (χ1n) is 26.7. The SMILES string of the molecule is CCCCCCCCCCCCCCCCCC(=O)O[C@@H](COC(=O)CCCCCCCCCCCCCCCCC(C)C)COC(=O)CCCCCCCCCC(C)C. The van der Waals surface area contributed by atoms with Crippen LogP contribution in [0.1, 0.15) is 298 Å². The van der Waals surface area contributed by atoms with E-state index in [1.807, 2.05) is 0 Å². The highest BCUT2D eigenvalue weighted by Gasteiger charge is 2.19. The molecule has 0 aliphatic carbocycles. The van der Waals surface area contributed by atoms with Crippen molar-refractivity contribution in [2.24, 2.45) is 11.8 Å². The van der Waals surface area contributed by atoms with Crippen LogP contribution < -0.4 is 0 Å². The van der Waals surface area contributed by atoms with E-state index >= 15 is 0 Å². The summed E-state index contributed by atoms with van der Waals surface area (Å²) in [7, 11) is 0. The molecular weight excluding hydrogens is 745 g/mol. The maximum Gasteiger partial charge on any atom is 0.306 e. The van der Waals surface area contributed by atoms with Gasteiger partial charge in [0.2, 0.25) is 0 Å². The Hall–Kier alpha value is -1.59. The molecule has 1 atom stereocenters. The fourth-order valence-electron chi connectivity index (χ4n) is 8.17. The van der Waals surface area contributed by atoms with Crippen LogP contribution in [0, 0.1) is 11.8 Å². The standard InChI is InChI=1S/C54H104O6/c1-6-7-8-9-10-11-12-13-14-19-22-25-30-36-41-46-54(57)60-51(48-59-53(56)45-40-35-31-26-28-33-38-43-50(4)5)47-58-52(55)44-39-34-29-24-21-18-16-15-17-20-23-27-32-37-42-49(2)3/h49-51H,6-48H2,1-5H3/t51-/m0/s1. The van der Waals surface area contributed by atoms with Gasteiger partial charge >= 0.3 is 17.9 Å². The summed E-state index contributed by atoms with van der Waals surface area (Å²) in [6.45, 7) is 11.3. The molecule has 0 unspecified atom stereocenters. The number of hydrogen-bond acceptors (Lipinski definition) is 6. The van der Waals surface area contributed by atoms with Crippen molar-refractivity contribution in [3.05, 3.63) is 0 Å². The fourth-order valence-corrected chi connectivity index (χ4v) is 8.17. The molecule has 0 N–H and O–H groups in total. The Bertz CT molecular complexity index is 916. The largest absolute Gasteiger partial charge is 0.462 e. The number of ether oxygens (including phenoxy) is 3. The zero-order valence-corrected chi connectivity index (χ0v) is 41.1. The molecule has 0 spiro atoms. The highest BCUT2D eigenvalue weighted by molar-refractivity contribution is 5.71. The van der Waals surface area contributed by atoms with Crippen LogP contribution >= 0.6 is 0 Å². The van der Waals surface area contributed by atoms with Crippen molar-refractivity contribution in [2.45, 2.75) is 304 Å². The molecule has 0 aromatic rings. The molecule has 0 radical (unpaired) electrons. The third-order valence-corrected chi connectivity index (χ3v) is 12.2. The Kier molecular flexibility index (Phi) is 45.7. The normalized spacial score (nSPS) is 12.1. The number of carbonyl (C=O) groups excluding carboxylic acids is 3. The second-order valence-corrected chi connectivity index (χ2v) is 19.5. The summed E-state index contributed by atoms with van der Waals surface area (Å²) in [4.78, 5) is 37.9. The van der Waals surface area contributed by atoms with E-state index in [0.29, 0.717) is 19.3 Å². The molecule has 60 heavy (non-hydrogen) atoms. The first kappa shape index (κ1) is 58.4. The molecule has 0 aromatic carbocycles. The fraction of sp³-hybridized carbons (Fsp3) is 0.944. The molecular formula is C54H104O6. The van der Waals surface area contributed by atoms with Gasteiger partial charge in [-0.25, -0.2) is 0 Å². The lowest BCUT2D eigenvalue weighted by Gasteiger charge is -2.18.